The first-order valence-corrected chi connectivity index (χ1v) is 4.87. The summed E-state index contributed by atoms with van der Waals surface area (Å²) in [6.45, 7) is 0. The largest absolute Gasteiger partial charge is 0.494 e. The first-order chi connectivity index (χ1) is 7.69. The van der Waals surface area contributed by atoms with Crippen LogP contribution >= 0.6 is 11.6 Å². The third-order valence-corrected chi connectivity index (χ3v) is 2.63. The van der Waals surface area contributed by atoms with E-state index in [4.69, 9.17) is 27.3 Å². The highest BCUT2D eigenvalue weighted by Crippen LogP contribution is 2.34. The molecule has 5 heteroatoms. The monoisotopic (exact) mass is 233 g/mol. The zero-order valence-corrected chi connectivity index (χ0v) is 9.25. The number of fused-ring (bicyclic) bond motifs is 1. The predicted molar refractivity (Wildman–Crippen MR) is 62.4 cm³/mol. The molecule has 0 unspecified atom stereocenters. The lowest BCUT2D eigenvalue weighted by molar-refractivity contribution is 0.419. The van der Waals surface area contributed by atoms with Gasteiger partial charge in [0.25, 0.3) is 0 Å². The highest BCUT2D eigenvalue weighted by atomic mass is 35.5. The normalized spacial score (nSPS) is 10.1. The maximum absolute atomic E-state index is 8.85. The third-order valence-electron chi connectivity index (χ3n) is 2.31. The fraction of sp³-hybridized carbons (Fsp3) is 0.0909. The van der Waals surface area contributed by atoms with E-state index in [-0.39, 0.29) is 0 Å². The number of nitrogens with zero attached hydrogens (tertiary/aromatic N) is 2. The van der Waals surface area contributed by atoms with Crippen LogP contribution in [0.15, 0.2) is 18.3 Å². The summed E-state index contributed by atoms with van der Waals surface area (Å²) in [5, 5.41) is 9.86. The van der Waals surface area contributed by atoms with Crippen LogP contribution < -0.4 is 10.5 Å². The molecular weight excluding hydrogens is 226 g/mol. The van der Waals surface area contributed by atoms with E-state index >= 15 is 0 Å². The Bertz CT molecular complexity index is 604. The van der Waals surface area contributed by atoms with Crippen LogP contribution in [0.5, 0.6) is 5.75 Å². The van der Waals surface area contributed by atoms with Gasteiger partial charge in [0.1, 0.15) is 17.3 Å². The highest BCUT2D eigenvalue weighted by molar-refractivity contribution is 6.36. The minimum Gasteiger partial charge on any atom is -0.494 e. The summed E-state index contributed by atoms with van der Waals surface area (Å²) in [4.78, 5) is 4.13. The summed E-state index contributed by atoms with van der Waals surface area (Å²) in [5.74, 6) is 0.579. The molecule has 1 heterocycles. The minimum absolute atomic E-state index is 0.308. The van der Waals surface area contributed by atoms with Crippen LogP contribution in [0, 0.1) is 11.3 Å². The lowest BCUT2D eigenvalue weighted by atomic mass is 10.1. The van der Waals surface area contributed by atoms with Crippen molar-refractivity contribution in [1.82, 2.24) is 4.98 Å². The van der Waals surface area contributed by atoms with Crippen LogP contribution in [0.3, 0.4) is 0 Å². The molecule has 0 saturated carbocycles. The molecule has 0 aliphatic rings. The molecular formula is C11H8ClN3O. The van der Waals surface area contributed by atoms with Gasteiger partial charge >= 0.3 is 0 Å². The average molecular weight is 234 g/mol. The van der Waals surface area contributed by atoms with Crippen LogP contribution in [0.25, 0.3) is 10.9 Å². The van der Waals surface area contributed by atoms with Gasteiger partial charge in [0.15, 0.2) is 0 Å². The van der Waals surface area contributed by atoms with Crippen LogP contribution in [-0.2, 0) is 0 Å². The van der Waals surface area contributed by atoms with Crippen molar-refractivity contribution in [3.05, 3.63) is 28.9 Å². The third kappa shape index (κ3) is 1.42. The Morgan fingerprint density at radius 3 is 2.88 bits per heavy atom. The van der Waals surface area contributed by atoms with Crippen molar-refractivity contribution in [1.29, 1.82) is 5.26 Å². The smallest absolute Gasteiger partial charge is 0.145 e. The number of hydrogen-bond acceptors (Lipinski definition) is 4. The molecule has 80 valence electrons. The Balaban J connectivity index is 2.94. The van der Waals surface area contributed by atoms with Crippen molar-refractivity contribution in [2.75, 3.05) is 12.8 Å². The van der Waals surface area contributed by atoms with Crippen LogP contribution in [0.1, 0.15) is 5.56 Å². The summed E-state index contributed by atoms with van der Waals surface area (Å²) < 4.78 is 5.15. The first kappa shape index (κ1) is 10.5. The Morgan fingerprint density at radius 1 is 1.50 bits per heavy atom. The lowest BCUT2D eigenvalue weighted by Gasteiger charge is -2.08. The number of halogens is 1. The summed E-state index contributed by atoms with van der Waals surface area (Å²) in [7, 11) is 1.54. The second kappa shape index (κ2) is 3.87. The van der Waals surface area contributed by atoms with E-state index in [9.17, 15) is 0 Å². The Morgan fingerprint density at radius 2 is 2.25 bits per heavy atom. The summed E-state index contributed by atoms with van der Waals surface area (Å²) in [6.07, 6.45) is 1.41. The molecule has 1 aromatic heterocycles. The standard InChI is InChI=1S/C11H8ClN3O/c1-16-8-3-2-7(12)9-10(14)6(4-13)5-15-11(8)9/h2-3,5H,1H3,(H2,14,15). The minimum atomic E-state index is 0.308. The van der Waals surface area contributed by atoms with Gasteiger partial charge in [-0.25, -0.2) is 0 Å². The lowest BCUT2D eigenvalue weighted by Crippen LogP contribution is -1.96. The fourth-order valence-corrected chi connectivity index (χ4v) is 1.77. The summed E-state index contributed by atoms with van der Waals surface area (Å²) in [5.41, 5.74) is 7.05. The topological polar surface area (TPSA) is 71.9 Å². The maximum Gasteiger partial charge on any atom is 0.145 e. The number of hydrogen-bond donors (Lipinski definition) is 1. The quantitative estimate of drug-likeness (QED) is 0.821. The van der Waals surface area contributed by atoms with E-state index in [0.717, 1.165) is 0 Å². The van der Waals surface area contributed by atoms with Crippen molar-refractivity contribution >= 4 is 28.2 Å². The molecule has 0 bridgehead atoms. The molecule has 0 atom stereocenters. The van der Waals surface area contributed by atoms with Crippen LogP contribution in [0.2, 0.25) is 5.02 Å². The second-order valence-electron chi connectivity index (χ2n) is 3.17. The van der Waals surface area contributed by atoms with Gasteiger partial charge in [0.2, 0.25) is 0 Å². The van der Waals surface area contributed by atoms with Crippen LogP contribution in [-0.4, -0.2) is 12.1 Å². The van der Waals surface area contributed by atoms with Crippen LogP contribution in [0.4, 0.5) is 5.69 Å². The van der Waals surface area contributed by atoms with E-state index in [1.807, 2.05) is 6.07 Å². The van der Waals surface area contributed by atoms with Gasteiger partial charge in [-0.2, -0.15) is 5.26 Å². The molecule has 0 aliphatic carbocycles. The number of aromatic nitrogens is 1. The van der Waals surface area contributed by atoms with Gasteiger partial charge in [0.05, 0.1) is 23.4 Å². The van der Waals surface area contributed by atoms with Crippen molar-refractivity contribution in [3.8, 4) is 11.8 Å². The van der Waals surface area contributed by atoms with Crippen molar-refractivity contribution in [3.63, 3.8) is 0 Å². The number of methoxy groups -OCH3 is 1. The molecule has 16 heavy (non-hydrogen) atoms. The van der Waals surface area contributed by atoms with Gasteiger partial charge in [-0.05, 0) is 12.1 Å². The molecule has 4 nitrogen and oxygen atoms in total. The number of benzene rings is 1. The fourth-order valence-electron chi connectivity index (χ4n) is 1.52. The van der Waals surface area contributed by atoms with Gasteiger partial charge in [-0.15, -0.1) is 0 Å². The zero-order chi connectivity index (χ0) is 11.7. The van der Waals surface area contributed by atoms with Crippen molar-refractivity contribution in [2.24, 2.45) is 0 Å². The molecule has 0 radical (unpaired) electrons. The van der Waals surface area contributed by atoms with E-state index in [1.54, 1.807) is 19.2 Å². The molecule has 0 amide bonds. The van der Waals surface area contributed by atoms with Gasteiger partial charge in [-0.1, -0.05) is 11.6 Å². The molecule has 0 saturated heterocycles. The molecule has 1 aromatic carbocycles. The van der Waals surface area contributed by atoms with E-state index in [2.05, 4.69) is 4.98 Å². The number of nitrogen functional groups attached to an aromatic ring is 1. The maximum atomic E-state index is 8.85. The van der Waals surface area contributed by atoms with Gasteiger partial charge in [-0.3, -0.25) is 4.98 Å². The molecule has 2 rings (SSSR count). The molecule has 2 N–H and O–H groups in total. The number of nitrogens with two attached hydrogens (primary N) is 1. The van der Waals surface area contributed by atoms with E-state index in [0.29, 0.717) is 32.9 Å². The number of pyridine rings is 1. The number of rotatable bonds is 1. The van der Waals surface area contributed by atoms with Crippen molar-refractivity contribution < 1.29 is 4.74 Å². The van der Waals surface area contributed by atoms with E-state index in [1.165, 1.54) is 6.20 Å². The average Bonchev–Trinajstić information content (AvgIpc) is 2.30. The predicted octanol–water partition coefficient (Wildman–Crippen LogP) is 2.35. The SMILES string of the molecule is COc1ccc(Cl)c2c(N)c(C#N)cnc12. The number of ether oxygens (including phenoxy) is 1. The van der Waals surface area contributed by atoms with E-state index < -0.39 is 0 Å². The second-order valence-corrected chi connectivity index (χ2v) is 3.58. The number of anilines is 1. The Labute approximate surface area is 97.2 Å². The van der Waals surface area contributed by atoms with Gasteiger partial charge in [0, 0.05) is 11.6 Å². The van der Waals surface area contributed by atoms with Gasteiger partial charge < -0.3 is 10.5 Å². The zero-order valence-electron chi connectivity index (χ0n) is 8.49. The van der Waals surface area contributed by atoms with Crippen molar-refractivity contribution in [2.45, 2.75) is 0 Å². The Hall–Kier alpha value is -1.99. The molecule has 0 fully saturated rings. The molecule has 0 spiro atoms. The Kier molecular flexibility index (Phi) is 2.55. The summed E-state index contributed by atoms with van der Waals surface area (Å²) in [6, 6.07) is 5.35. The summed E-state index contributed by atoms with van der Waals surface area (Å²) >= 11 is 6.04. The first-order valence-electron chi connectivity index (χ1n) is 4.49. The molecule has 2 aromatic rings. The number of nitriles is 1. The highest BCUT2D eigenvalue weighted by Gasteiger charge is 2.12. The molecule has 0 aliphatic heterocycles.